The van der Waals surface area contributed by atoms with E-state index in [1.165, 1.54) is 29.6 Å². The lowest BCUT2D eigenvalue weighted by atomic mass is 9.95. The maximum absolute atomic E-state index is 13.2. The second kappa shape index (κ2) is 7.36. The van der Waals surface area contributed by atoms with Crippen molar-refractivity contribution in [1.29, 1.82) is 0 Å². The molecule has 138 valence electrons. The Balaban J connectivity index is 1.97. The number of methoxy groups -OCH3 is 1. The zero-order valence-corrected chi connectivity index (χ0v) is 15.7. The van der Waals surface area contributed by atoms with Crippen LogP contribution in [-0.2, 0) is 14.8 Å². The minimum atomic E-state index is -3.95. The average Bonchev–Trinajstić information content (AvgIpc) is 3.04. The van der Waals surface area contributed by atoms with E-state index in [2.05, 4.69) is 0 Å². The highest BCUT2D eigenvalue weighted by molar-refractivity contribution is 7.89. The van der Waals surface area contributed by atoms with E-state index >= 15 is 0 Å². The maximum Gasteiger partial charge on any atom is 0.339 e. The van der Waals surface area contributed by atoms with Crippen LogP contribution in [-0.4, -0.2) is 44.9 Å². The number of benzene rings is 2. The molecule has 0 unspecified atom stereocenters. The van der Waals surface area contributed by atoms with Crippen molar-refractivity contribution in [2.75, 3.05) is 20.2 Å². The molecule has 1 fully saturated rings. The predicted molar refractivity (Wildman–Crippen MR) is 98.7 cm³/mol. The Morgan fingerprint density at radius 2 is 1.88 bits per heavy atom. The van der Waals surface area contributed by atoms with E-state index in [-0.39, 0.29) is 40.5 Å². The molecule has 8 heteroatoms. The van der Waals surface area contributed by atoms with Crippen LogP contribution >= 0.6 is 11.6 Å². The third-order valence-electron chi connectivity index (χ3n) is 4.53. The molecular weight excluding hydrogens is 376 g/mol. The first kappa shape index (κ1) is 18.8. The summed E-state index contributed by atoms with van der Waals surface area (Å²) in [7, 11) is -2.75. The molecule has 0 aliphatic carbocycles. The second-order valence-electron chi connectivity index (χ2n) is 6.14. The summed E-state index contributed by atoms with van der Waals surface area (Å²) in [6, 6.07) is 13.3. The minimum absolute atomic E-state index is 0.0476. The normalized spacial score (nSPS) is 20.9. The van der Waals surface area contributed by atoms with Gasteiger partial charge in [-0.05, 0) is 23.8 Å². The molecule has 0 bridgehead atoms. The molecule has 6 nitrogen and oxygen atoms in total. The van der Waals surface area contributed by atoms with Crippen LogP contribution in [0.2, 0.25) is 5.02 Å². The molecule has 1 aliphatic rings. The van der Waals surface area contributed by atoms with Gasteiger partial charge >= 0.3 is 5.97 Å². The van der Waals surface area contributed by atoms with Gasteiger partial charge in [0.25, 0.3) is 0 Å². The quantitative estimate of drug-likeness (QED) is 0.803. The zero-order chi connectivity index (χ0) is 18.9. The van der Waals surface area contributed by atoms with Gasteiger partial charge in [-0.15, -0.1) is 0 Å². The lowest BCUT2D eigenvalue weighted by Gasteiger charge is -2.18. The Kier molecular flexibility index (Phi) is 5.34. The number of ether oxygens (including phenoxy) is 1. The largest absolute Gasteiger partial charge is 0.465 e. The third kappa shape index (κ3) is 3.48. The molecule has 3 rings (SSSR count). The van der Waals surface area contributed by atoms with Crippen LogP contribution < -0.4 is 5.73 Å². The van der Waals surface area contributed by atoms with Crippen molar-refractivity contribution in [2.45, 2.75) is 16.9 Å². The molecule has 26 heavy (non-hydrogen) atoms. The summed E-state index contributed by atoms with van der Waals surface area (Å²) in [5.41, 5.74) is 7.14. The van der Waals surface area contributed by atoms with Gasteiger partial charge < -0.3 is 10.5 Å². The van der Waals surface area contributed by atoms with Gasteiger partial charge in [0.1, 0.15) is 0 Å². The van der Waals surface area contributed by atoms with E-state index in [0.717, 1.165) is 5.56 Å². The average molecular weight is 395 g/mol. The summed E-state index contributed by atoms with van der Waals surface area (Å²) < 4.78 is 32.3. The fourth-order valence-electron chi connectivity index (χ4n) is 3.17. The van der Waals surface area contributed by atoms with E-state index in [1.54, 1.807) is 0 Å². The Hall–Kier alpha value is -1.93. The molecule has 0 radical (unpaired) electrons. The first-order chi connectivity index (χ1) is 12.3. The Morgan fingerprint density at radius 3 is 2.54 bits per heavy atom. The number of nitrogens with two attached hydrogens (primary N) is 1. The summed E-state index contributed by atoms with van der Waals surface area (Å²) in [6.45, 7) is 0.398. The van der Waals surface area contributed by atoms with Crippen molar-refractivity contribution < 1.29 is 17.9 Å². The number of carbonyl (C=O) groups is 1. The van der Waals surface area contributed by atoms with Crippen LogP contribution in [0.4, 0.5) is 0 Å². The fourth-order valence-corrected chi connectivity index (χ4v) is 5.11. The van der Waals surface area contributed by atoms with Gasteiger partial charge in [0.2, 0.25) is 10.0 Å². The molecule has 1 saturated heterocycles. The highest BCUT2D eigenvalue weighted by Crippen LogP contribution is 2.32. The standard InChI is InChI=1S/C18H19ClN2O4S/c1-25-18(22)14-8-7-13(19)9-17(14)26(23,24)21-10-15(16(20)11-21)12-5-3-2-4-6-12/h2-9,15-16H,10-11,20H2,1H3/t15-,16+/m0/s1. The number of esters is 1. The van der Waals surface area contributed by atoms with Crippen molar-refractivity contribution >= 4 is 27.6 Å². The van der Waals surface area contributed by atoms with E-state index in [0.29, 0.717) is 0 Å². The molecule has 2 aromatic carbocycles. The maximum atomic E-state index is 13.2. The molecule has 2 atom stereocenters. The van der Waals surface area contributed by atoms with E-state index < -0.39 is 16.0 Å². The van der Waals surface area contributed by atoms with E-state index in [4.69, 9.17) is 22.1 Å². The first-order valence-electron chi connectivity index (χ1n) is 8.03. The first-order valence-corrected chi connectivity index (χ1v) is 9.85. The van der Waals surface area contributed by atoms with Crippen molar-refractivity contribution in [3.8, 4) is 0 Å². The van der Waals surface area contributed by atoms with Crippen LogP contribution in [0.25, 0.3) is 0 Å². The number of hydrogen-bond donors (Lipinski definition) is 1. The number of carbonyl (C=O) groups excluding carboxylic acids is 1. The van der Waals surface area contributed by atoms with E-state index in [1.807, 2.05) is 30.3 Å². The van der Waals surface area contributed by atoms with Crippen molar-refractivity contribution in [3.63, 3.8) is 0 Å². The number of hydrogen-bond acceptors (Lipinski definition) is 5. The SMILES string of the molecule is COC(=O)c1ccc(Cl)cc1S(=O)(=O)N1C[C@@H](N)[C@H](c2ccccc2)C1. The molecule has 0 saturated carbocycles. The van der Waals surface area contributed by atoms with Crippen LogP contribution in [0.15, 0.2) is 53.4 Å². The van der Waals surface area contributed by atoms with Crippen LogP contribution in [0.5, 0.6) is 0 Å². The van der Waals surface area contributed by atoms with Crippen molar-refractivity contribution in [2.24, 2.45) is 5.73 Å². The highest BCUT2D eigenvalue weighted by atomic mass is 35.5. The minimum Gasteiger partial charge on any atom is -0.465 e. The Morgan fingerprint density at radius 1 is 1.19 bits per heavy atom. The Bertz CT molecular complexity index is 918. The molecular formula is C18H19ClN2O4S. The van der Waals surface area contributed by atoms with Crippen molar-refractivity contribution in [3.05, 3.63) is 64.7 Å². The van der Waals surface area contributed by atoms with Gasteiger partial charge in [0.15, 0.2) is 0 Å². The number of halogens is 1. The Labute approximate surface area is 157 Å². The highest BCUT2D eigenvalue weighted by Gasteiger charge is 2.39. The summed E-state index contributed by atoms with van der Waals surface area (Å²) in [6.07, 6.45) is 0. The fraction of sp³-hybridized carbons (Fsp3) is 0.278. The van der Waals surface area contributed by atoms with Crippen molar-refractivity contribution in [1.82, 2.24) is 4.31 Å². The lowest BCUT2D eigenvalue weighted by Crippen LogP contribution is -2.33. The monoisotopic (exact) mass is 394 g/mol. The van der Waals surface area contributed by atoms with Crippen LogP contribution in [0.1, 0.15) is 21.8 Å². The summed E-state index contributed by atoms with van der Waals surface area (Å²) in [5, 5.41) is 0.222. The zero-order valence-electron chi connectivity index (χ0n) is 14.1. The smallest absolute Gasteiger partial charge is 0.339 e. The van der Waals surface area contributed by atoms with E-state index in [9.17, 15) is 13.2 Å². The summed E-state index contributed by atoms with van der Waals surface area (Å²) >= 11 is 5.97. The molecule has 1 heterocycles. The van der Waals surface area contributed by atoms with Gasteiger partial charge in [0.05, 0.1) is 17.6 Å². The van der Waals surface area contributed by atoms with Gasteiger partial charge in [-0.1, -0.05) is 41.9 Å². The molecule has 1 aliphatic heterocycles. The van der Waals surface area contributed by atoms with Gasteiger partial charge in [-0.3, -0.25) is 0 Å². The van der Waals surface area contributed by atoms with Gasteiger partial charge in [-0.2, -0.15) is 4.31 Å². The molecule has 0 spiro atoms. The predicted octanol–water partition coefficient (Wildman–Crippen LogP) is 2.24. The number of rotatable bonds is 4. The number of sulfonamides is 1. The van der Waals surface area contributed by atoms with Crippen LogP contribution in [0, 0.1) is 0 Å². The van der Waals surface area contributed by atoms with Gasteiger partial charge in [0, 0.05) is 30.1 Å². The molecule has 2 N–H and O–H groups in total. The van der Waals surface area contributed by atoms with Crippen LogP contribution in [0.3, 0.4) is 0 Å². The molecule has 2 aromatic rings. The summed E-state index contributed by atoms with van der Waals surface area (Å²) in [5.74, 6) is -0.852. The molecule has 0 amide bonds. The summed E-state index contributed by atoms with van der Waals surface area (Å²) in [4.78, 5) is 11.8. The third-order valence-corrected chi connectivity index (χ3v) is 6.63. The second-order valence-corrected chi connectivity index (χ2v) is 8.48. The van der Waals surface area contributed by atoms with Gasteiger partial charge in [-0.25, -0.2) is 13.2 Å². The number of nitrogens with zero attached hydrogens (tertiary/aromatic N) is 1. The topological polar surface area (TPSA) is 89.7 Å². The molecule has 0 aromatic heterocycles. The lowest BCUT2D eigenvalue weighted by molar-refractivity contribution is 0.0596.